The molecule has 0 spiro atoms. The Morgan fingerprint density at radius 3 is 2.39 bits per heavy atom. The first-order chi connectivity index (χ1) is 8.50. The van der Waals surface area contributed by atoms with E-state index >= 15 is 0 Å². The first-order valence-electron chi connectivity index (χ1n) is 6.31. The van der Waals surface area contributed by atoms with E-state index in [0.29, 0.717) is 11.8 Å². The molecule has 2 N–H and O–H groups in total. The van der Waals surface area contributed by atoms with Crippen LogP contribution in [0.1, 0.15) is 30.5 Å². The van der Waals surface area contributed by atoms with Gasteiger partial charge in [0.2, 0.25) is 5.88 Å². The van der Waals surface area contributed by atoms with Crippen molar-refractivity contribution in [3.63, 3.8) is 0 Å². The molecule has 0 amide bonds. The fourth-order valence-electron chi connectivity index (χ4n) is 2.31. The van der Waals surface area contributed by atoms with Crippen molar-refractivity contribution in [3.8, 4) is 11.3 Å². The van der Waals surface area contributed by atoms with Gasteiger partial charge in [-0.05, 0) is 37.3 Å². The van der Waals surface area contributed by atoms with Crippen LogP contribution in [-0.4, -0.2) is 5.16 Å². The highest BCUT2D eigenvalue weighted by Crippen LogP contribution is 2.33. The van der Waals surface area contributed by atoms with E-state index in [1.807, 2.05) is 0 Å². The Kier molecular flexibility index (Phi) is 3.41. The molecular formula is C15H20N2O. The first-order valence-corrected chi connectivity index (χ1v) is 6.31. The van der Waals surface area contributed by atoms with E-state index in [9.17, 15) is 0 Å². The Morgan fingerprint density at radius 2 is 1.83 bits per heavy atom. The summed E-state index contributed by atoms with van der Waals surface area (Å²) in [5.41, 5.74) is 11.4. The van der Waals surface area contributed by atoms with Crippen molar-refractivity contribution >= 4 is 5.88 Å². The molecule has 96 valence electrons. The van der Waals surface area contributed by atoms with Gasteiger partial charge in [-0.15, -0.1) is 0 Å². The third-order valence-electron chi connectivity index (χ3n) is 3.15. The summed E-state index contributed by atoms with van der Waals surface area (Å²) in [4.78, 5) is 0. The standard InChI is InChI=1S/C15H20N2O/c1-9(2)8-12-14(17-18-15(12)16)13-10(3)6-5-7-11(13)4/h5-7,9H,8,16H2,1-4H3. The van der Waals surface area contributed by atoms with Gasteiger partial charge in [-0.2, -0.15) is 0 Å². The molecule has 3 nitrogen and oxygen atoms in total. The second kappa shape index (κ2) is 4.84. The van der Waals surface area contributed by atoms with Gasteiger partial charge < -0.3 is 10.3 Å². The van der Waals surface area contributed by atoms with Gasteiger partial charge in [0.1, 0.15) is 5.69 Å². The van der Waals surface area contributed by atoms with Crippen molar-refractivity contribution in [1.82, 2.24) is 5.16 Å². The molecule has 1 aromatic heterocycles. The molecule has 18 heavy (non-hydrogen) atoms. The summed E-state index contributed by atoms with van der Waals surface area (Å²) in [6, 6.07) is 6.23. The Balaban J connectivity index is 2.58. The molecule has 0 aliphatic rings. The predicted molar refractivity (Wildman–Crippen MR) is 74.4 cm³/mol. The van der Waals surface area contributed by atoms with E-state index in [0.717, 1.165) is 23.2 Å². The van der Waals surface area contributed by atoms with Crippen LogP contribution in [0.25, 0.3) is 11.3 Å². The molecule has 0 saturated carbocycles. The van der Waals surface area contributed by atoms with Gasteiger partial charge >= 0.3 is 0 Å². The minimum Gasteiger partial charge on any atom is -0.367 e. The van der Waals surface area contributed by atoms with Crippen LogP contribution in [0.15, 0.2) is 22.7 Å². The van der Waals surface area contributed by atoms with Crippen LogP contribution in [0.2, 0.25) is 0 Å². The highest BCUT2D eigenvalue weighted by molar-refractivity contribution is 5.72. The van der Waals surface area contributed by atoms with Crippen LogP contribution in [0.4, 0.5) is 5.88 Å². The zero-order valence-corrected chi connectivity index (χ0v) is 11.4. The van der Waals surface area contributed by atoms with Gasteiger partial charge in [-0.25, -0.2) is 0 Å². The number of hydrogen-bond acceptors (Lipinski definition) is 3. The Bertz CT molecular complexity index is 535. The zero-order chi connectivity index (χ0) is 13.3. The van der Waals surface area contributed by atoms with E-state index in [-0.39, 0.29) is 0 Å². The SMILES string of the molecule is Cc1cccc(C)c1-c1noc(N)c1CC(C)C. The highest BCUT2D eigenvalue weighted by atomic mass is 16.5. The number of aryl methyl sites for hydroxylation is 2. The summed E-state index contributed by atoms with van der Waals surface area (Å²) in [5, 5.41) is 4.16. The van der Waals surface area contributed by atoms with E-state index in [4.69, 9.17) is 10.3 Å². The lowest BCUT2D eigenvalue weighted by Gasteiger charge is -2.10. The maximum absolute atomic E-state index is 5.90. The van der Waals surface area contributed by atoms with E-state index in [2.05, 4.69) is 51.1 Å². The van der Waals surface area contributed by atoms with Gasteiger partial charge in [0, 0.05) is 11.1 Å². The topological polar surface area (TPSA) is 52.0 Å². The van der Waals surface area contributed by atoms with Crippen LogP contribution in [0.5, 0.6) is 0 Å². The summed E-state index contributed by atoms with van der Waals surface area (Å²) < 4.78 is 5.19. The molecule has 1 aromatic carbocycles. The predicted octanol–water partition coefficient (Wildman–Crippen LogP) is 3.74. The molecular weight excluding hydrogens is 224 g/mol. The number of anilines is 1. The minimum absolute atomic E-state index is 0.446. The normalized spacial score (nSPS) is 11.2. The van der Waals surface area contributed by atoms with Gasteiger partial charge in [0.05, 0.1) is 0 Å². The number of nitrogens with zero attached hydrogens (tertiary/aromatic N) is 1. The summed E-state index contributed by atoms with van der Waals surface area (Å²) in [5.74, 6) is 0.969. The number of nitrogens with two attached hydrogens (primary N) is 1. The molecule has 0 bridgehead atoms. The van der Waals surface area contributed by atoms with Crippen molar-refractivity contribution in [2.24, 2.45) is 5.92 Å². The monoisotopic (exact) mass is 244 g/mol. The lowest BCUT2D eigenvalue weighted by atomic mass is 9.94. The van der Waals surface area contributed by atoms with Crippen LogP contribution in [0.3, 0.4) is 0 Å². The Hall–Kier alpha value is -1.77. The minimum atomic E-state index is 0.446. The molecule has 0 unspecified atom stereocenters. The largest absolute Gasteiger partial charge is 0.367 e. The van der Waals surface area contributed by atoms with Crippen LogP contribution in [-0.2, 0) is 6.42 Å². The molecule has 0 saturated heterocycles. The molecule has 2 aromatic rings. The number of benzene rings is 1. The second-order valence-electron chi connectivity index (χ2n) is 5.24. The van der Waals surface area contributed by atoms with Crippen molar-refractivity contribution in [1.29, 1.82) is 0 Å². The van der Waals surface area contributed by atoms with Gasteiger partial charge in [0.15, 0.2) is 0 Å². The lowest BCUT2D eigenvalue weighted by molar-refractivity contribution is 0.438. The molecule has 2 rings (SSSR count). The van der Waals surface area contributed by atoms with Crippen molar-refractivity contribution in [2.75, 3.05) is 5.73 Å². The van der Waals surface area contributed by atoms with Gasteiger partial charge in [-0.3, -0.25) is 0 Å². The maximum Gasteiger partial charge on any atom is 0.225 e. The molecule has 0 aliphatic carbocycles. The third-order valence-corrected chi connectivity index (χ3v) is 3.15. The number of hydrogen-bond donors (Lipinski definition) is 1. The van der Waals surface area contributed by atoms with Crippen LogP contribution >= 0.6 is 0 Å². The van der Waals surface area contributed by atoms with Gasteiger partial charge in [-0.1, -0.05) is 37.2 Å². The fourth-order valence-corrected chi connectivity index (χ4v) is 2.31. The summed E-state index contributed by atoms with van der Waals surface area (Å²) in [6.45, 7) is 8.51. The summed E-state index contributed by atoms with van der Waals surface area (Å²) in [7, 11) is 0. The Labute approximate surface area is 108 Å². The molecule has 0 atom stereocenters. The number of nitrogen functional groups attached to an aromatic ring is 1. The quantitative estimate of drug-likeness (QED) is 0.894. The summed E-state index contributed by atoms with van der Waals surface area (Å²) >= 11 is 0. The van der Waals surface area contributed by atoms with E-state index in [1.54, 1.807) is 0 Å². The maximum atomic E-state index is 5.90. The van der Waals surface area contributed by atoms with Crippen molar-refractivity contribution in [3.05, 3.63) is 34.9 Å². The molecule has 0 aliphatic heterocycles. The van der Waals surface area contributed by atoms with Crippen LogP contribution in [0, 0.1) is 19.8 Å². The molecule has 3 heteroatoms. The smallest absolute Gasteiger partial charge is 0.225 e. The van der Waals surface area contributed by atoms with E-state index < -0.39 is 0 Å². The average Bonchev–Trinajstić information content (AvgIpc) is 2.61. The molecule has 0 radical (unpaired) electrons. The van der Waals surface area contributed by atoms with Crippen molar-refractivity contribution in [2.45, 2.75) is 34.1 Å². The summed E-state index contributed by atoms with van der Waals surface area (Å²) in [6.07, 6.45) is 0.887. The number of aromatic nitrogens is 1. The average molecular weight is 244 g/mol. The van der Waals surface area contributed by atoms with Gasteiger partial charge in [0.25, 0.3) is 0 Å². The lowest BCUT2D eigenvalue weighted by Crippen LogP contribution is -2.00. The molecule has 0 fully saturated rings. The van der Waals surface area contributed by atoms with E-state index in [1.165, 1.54) is 11.1 Å². The zero-order valence-electron chi connectivity index (χ0n) is 11.4. The highest BCUT2D eigenvalue weighted by Gasteiger charge is 2.19. The Morgan fingerprint density at radius 1 is 1.22 bits per heavy atom. The second-order valence-corrected chi connectivity index (χ2v) is 5.24. The number of rotatable bonds is 3. The van der Waals surface area contributed by atoms with Crippen molar-refractivity contribution < 1.29 is 4.52 Å². The fraction of sp³-hybridized carbons (Fsp3) is 0.400. The molecule has 1 heterocycles. The third kappa shape index (κ3) is 2.26. The first kappa shape index (κ1) is 12.7. The van der Waals surface area contributed by atoms with Crippen LogP contribution < -0.4 is 5.73 Å².